The van der Waals surface area contributed by atoms with Gasteiger partial charge in [0.05, 0.1) is 23.0 Å². The topological polar surface area (TPSA) is 47.9 Å². The molecule has 0 radical (unpaired) electrons. The summed E-state index contributed by atoms with van der Waals surface area (Å²) in [6.45, 7) is 1.96. The van der Waals surface area contributed by atoms with Gasteiger partial charge in [-0.05, 0) is 24.6 Å². The van der Waals surface area contributed by atoms with Gasteiger partial charge in [0.1, 0.15) is 0 Å². The molecule has 0 amide bonds. The van der Waals surface area contributed by atoms with Crippen LogP contribution in [-0.4, -0.2) is 13.1 Å². The summed E-state index contributed by atoms with van der Waals surface area (Å²) in [7, 11) is 0. The zero-order valence-corrected chi connectivity index (χ0v) is 7.30. The molecule has 1 aliphatic heterocycles. The lowest BCUT2D eigenvalue weighted by molar-refractivity contribution is 0.928. The third kappa shape index (κ3) is 1.57. The van der Waals surface area contributed by atoms with Crippen molar-refractivity contribution in [3.8, 4) is 6.07 Å². The SMILES string of the molecule is N#Cc1ccc2c(c1)NCCCN2. The van der Waals surface area contributed by atoms with Crippen molar-refractivity contribution >= 4 is 11.4 Å². The number of rotatable bonds is 0. The molecular formula is C10H11N3. The smallest absolute Gasteiger partial charge is 0.0992 e. The Morgan fingerprint density at radius 2 is 1.92 bits per heavy atom. The van der Waals surface area contributed by atoms with Crippen LogP contribution in [0.2, 0.25) is 0 Å². The maximum atomic E-state index is 8.71. The van der Waals surface area contributed by atoms with Gasteiger partial charge in [0.25, 0.3) is 0 Å². The van der Waals surface area contributed by atoms with E-state index in [4.69, 9.17) is 5.26 Å². The molecule has 66 valence electrons. The van der Waals surface area contributed by atoms with E-state index in [0.29, 0.717) is 5.56 Å². The number of benzene rings is 1. The normalized spacial score (nSPS) is 14.4. The van der Waals surface area contributed by atoms with E-state index in [0.717, 1.165) is 30.9 Å². The van der Waals surface area contributed by atoms with Crippen molar-refractivity contribution in [1.82, 2.24) is 0 Å². The lowest BCUT2D eigenvalue weighted by Gasteiger charge is -2.07. The fraction of sp³-hybridized carbons (Fsp3) is 0.300. The van der Waals surface area contributed by atoms with Gasteiger partial charge in [-0.3, -0.25) is 0 Å². The van der Waals surface area contributed by atoms with Crippen LogP contribution in [-0.2, 0) is 0 Å². The first-order valence-corrected chi connectivity index (χ1v) is 4.42. The molecule has 0 aliphatic carbocycles. The predicted octanol–water partition coefficient (Wildman–Crippen LogP) is 1.79. The maximum Gasteiger partial charge on any atom is 0.0992 e. The molecule has 0 unspecified atom stereocenters. The summed E-state index contributed by atoms with van der Waals surface area (Å²) in [5.74, 6) is 0. The molecule has 0 spiro atoms. The van der Waals surface area contributed by atoms with Crippen molar-refractivity contribution in [2.75, 3.05) is 23.7 Å². The van der Waals surface area contributed by atoms with Gasteiger partial charge < -0.3 is 10.6 Å². The molecule has 1 aromatic rings. The monoisotopic (exact) mass is 173 g/mol. The van der Waals surface area contributed by atoms with Crippen molar-refractivity contribution in [3.05, 3.63) is 23.8 Å². The highest BCUT2D eigenvalue weighted by Crippen LogP contribution is 2.24. The van der Waals surface area contributed by atoms with Gasteiger partial charge in [-0.2, -0.15) is 5.26 Å². The van der Waals surface area contributed by atoms with Gasteiger partial charge in [0.15, 0.2) is 0 Å². The third-order valence-electron chi connectivity index (χ3n) is 2.13. The van der Waals surface area contributed by atoms with Crippen molar-refractivity contribution in [3.63, 3.8) is 0 Å². The van der Waals surface area contributed by atoms with Crippen LogP contribution in [0.3, 0.4) is 0 Å². The van der Waals surface area contributed by atoms with E-state index < -0.39 is 0 Å². The van der Waals surface area contributed by atoms with Crippen LogP contribution < -0.4 is 10.6 Å². The molecule has 13 heavy (non-hydrogen) atoms. The number of anilines is 2. The van der Waals surface area contributed by atoms with Crippen LogP contribution >= 0.6 is 0 Å². The maximum absolute atomic E-state index is 8.71. The Hall–Kier alpha value is -1.69. The zero-order chi connectivity index (χ0) is 9.10. The summed E-state index contributed by atoms with van der Waals surface area (Å²) in [5, 5.41) is 15.3. The highest BCUT2D eigenvalue weighted by atomic mass is 15.0. The van der Waals surface area contributed by atoms with Gasteiger partial charge in [-0.15, -0.1) is 0 Å². The molecule has 3 heteroatoms. The van der Waals surface area contributed by atoms with Gasteiger partial charge in [-0.25, -0.2) is 0 Å². The second kappa shape index (κ2) is 3.36. The number of hydrogen-bond acceptors (Lipinski definition) is 3. The molecule has 0 bridgehead atoms. The van der Waals surface area contributed by atoms with E-state index in [-0.39, 0.29) is 0 Å². The summed E-state index contributed by atoms with van der Waals surface area (Å²) in [4.78, 5) is 0. The summed E-state index contributed by atoms with van der Waals surface area (Å²) in [6, 6.07) is 7.80. The fourth-order valence-corrected chi connectivity index (χ4v) is 1.45. The average molecular weight is 173 g/mol. The van der Waals surface area contributed by atoms with Gasteiger partial charge in [0.2, 0.25) is 0 Å². The molecule has 2 rings (SSSR count). The van der Waals surface area contributed by atoms with Crippen molar-refractivity contribution in [1.29, 1.82) is 5.26 Å². The highest BCUT2D eigenvalue weighted by Gasteiger charge is 2.06. The van der Waals surface area contributed by atoms with Crippen molar-refractivity contribution < 1.29 is 0 Å². The van der Waals surface area contributed by atoms with Gasteiger partial charge >= 0.3 is 0 Å². The molecule has 3 nitrogen and oxygen atoms in total. The fourth-order valence-electron chi connectivity index (χ4n) is 1.45. The molecule has 1 aliphatic rings. The second-order valence-electron chi connectivity index (χ2n) is 3.08. The number of nitrogens with one attached hydrogen (secondary N) is 2. The molecule has 0 fully saturated rings. The number of hydrogen-bond donors (Lipinski definition) is 2. The summed E-state index contributed by atoms with van der Waals surface area (Å²) >= 11 is 0. The molecule has 1 heterocycles. The van der Waals surface area contributed by atoms with Gasteiger partial charge in [0, 0.05) is 13.1 Å². The zero-order valence-electron chi connectivity index (χ0n) is 7.30. The summed E-state index contributed by atoms with van der Waals surface area (Å²) < 4.78 is 0. The van der Waals surface area contributed by atoms with E-state index in [1.807, 2.05) is 18.2 Å². The number of nitrogens with zero attached hydrogens (tertiary/aromatic N) is 1. The minimum atomic E-state index is 0.704. The predicted molar refractivity (Wildman–Crippen MR) is 52.8 cm³/mol. The van der Waals surface area contributed by atoms with Crippen LogP contribution in [0.4, 0.5) is 11.4 Å². The standard InChI is InChI=1S/C10H11N3/c11-7-8-2-3-9-10(6-8)13-5-1-4-12-9/h2-3,6,12-13H,1,4-5H2. The van der Waals surface area contributed by atoms with Crippen LogP contribution in [0.25, 0.3) is 0 Å². The first-order valence-electron chi connectivity index (χ1n) is 4.42. The van der Waals surface area contributed by atoms with E-state index in [1.165, 1.54) is 0 Å². The molecule has 0 aromatic heterocycles. The Morgan fingerprint density at radius 1 is 1.15 bits per heavy atom. The van der Waals surface area contributed by atoms with Crippen LogP contribution in [0.5, 0.6) is 0 Å². The first-order chi connectivity index (χ1) is 6.40. The minimum absolute atomic E-state index is 0.704. The lowest BCUT2D eigenvalue weighted by atomic mass is 10.2. The highest BCUT2D eigenvalue weighted by molar-refractivity contribution is 5.71. The lowest BCUT2D eigenvalue weighted by Crippen LogP contribution is -2.01. The van der Waals surface area contributed by atoms with Crippen LogP contribution in [0.15, 0.2) is 18.2 Å². The quantitative estimate of drug-likeness (QED) is 0.628. The number of fused-ring (bicyclic) bond motifs is 1. The average Bonchev–Trinajstić information content (AvgIpc) is 2.41. The van der Waals surface area contributed by atoms with Crippen molar-refractivity contribution in [2.45, 2.75) is 6.42 Å². The van der Waals surface area contributed by atoms with E-state index in [9.17, 15) is 0 Å². The van der Waals surface area contributed by atoms with E-state index >= 15 is 0 Å². The summed E-state index contributed by atoms with van der Waals surface area (Å²) in [6.07, 6.45) is 1.11. The third-order valence-corrected chi connectivity index (χ3v) is 2.13. The summed E-state index contributed by atoms with van der Waals surface area (Å²) in [5.41, 5.74) is 2.84. The molecule has 0 atom stereocenters. The molecule has 2 N–H and O–H groups in total. The number of nitriles is 1. The van der Waals surface area contributed by atoms with E-state index in [2.05, 4.69) is 16.7 Å². The molecule has 0 saturated carbocycles. The Balaban J connectivity index is 2.39. The van der Waals surface area contributed by atoms with Crippen molar-refractivity contribution in [2.24, 2.45) is 0 Å². The Morgan fingerprint density at radius 3 is 2.69 bits per heavy atom. The Bertz CT molecular complexity index is 352. The van der Waals surface area contributed by atoms with Crippen LogP contribution in [0.1, 0.15) is 12.0 Å². The molecule has 0 saturated heterocycles. The first kappa shape index (κ1) is 7.93. The van der Waals surface area contributed by atoms with E-state index in [1.54, 1.807) is 0 Å². The molecular weight excluding hydrogens is 162 g/mol. The Labute approximate surface area is 77.4 Å². The minimum Gasteiger partial charge on any atom is -0.383 e. The second-order valence-corrected chi connectivity index (χ2v) is 3.08. The Kier molecular flexibility index (Phi) is 2.05. The largest absolute Gasteiger partial charge is 0.383 e. The van der Waals surface area contributed by atoms with Crippen LogP contribution in [0, 0.1) is 11.3 Å². The molecule has 1 aromatic carbocycles. The van der Waals surface area contributed by atoms with Gasteiger partial charge in [-0.1, -0.05) is 0 Å².